The van der Waals surface area contributed by atoms with Gasteiger partial charge in [0.15, 0.2) is 0 Å². The molecule has 6 heteroatoms. The second-order valence-electron chi connectivity index (χ2n) is 4.06. The van der Waals surface area contributed by atoms with Crippen LogP contribution in [0.15, 0.2) is 27.3 Å². The van der Waals surface area contributed by atoms with E-state index in [0.717, 1.165) is 32.8 Å². The Labute approximate surface area is 133 Å². The number of hydrogen-bond acceptors (Lipinski definition) is 4. The third kappa shape index (κ3) is 4.02. The van der Waals surface area contributed by atoms with Crippen LogP contribution in [0.3, 0.4) is 0 Å². The predicted molar refractivity (Wildman–Crippen MR) is 85.8 cm³/mol. The van der Waals surface area contributed by atoms with Crippen LogP contribution >= 0.6 is 43.2 Å². The van der Waals surface area contributed by atoms with Crippen molar-refractivity contribution in [1.29, 1.82) is 0 Å². The summed E-state index contributed by atoms with van der Waals surface area (Å²) in [5.74, 6) is 0.819. The molecule has 0 fully saturated rings. The van der Waals surface area contributed by atoms with Gasteiger partial charge < -0.3 is 10.1 Å². The molecular weight excluding hydrogens is 392 g/mol. The van der Waals surface area contributed by atoms with E-state index in [0.29, 0.717) is 0 Å². The number of rotatable bonds is 5. The van der Waals surface area contributed by atoms with Crippen LogP contribution in [0.5, 0.6) is 5.75 Å². The smallest absolute Gasteiger partial charge is 0.147 e. The zero-order chi connectivity index (χ0) is 13.8. The number of nitrogens with one attached hydrogen (secondary N) is 1. The molecule has 0 amide bonds. The number of aromatic nitrogens is 1. The van der Waals surface area contributed by atoms with E-state index in [4.69, 9.17) is 4.74 Å². The highest BCUT2D eigenvalue weighted by molar-refractivity contribution is 9.11. The maximum Gasteiger partial charge on any atom is 0.147 e. The summed E-state index contributed by atoms with van der Waals surface area (Å²) >= 11 is 8.73. The highest BCUT2D eigenvalue weighted by Gasteiger charge is 2.07. The zero-order valence-electron chi connectivity index (χ0n) is 10.7. The topological polar surface area (TPSA) is 34.1 Å². The summed E-state index contributed by atoms with van der Waals surface area (Å²) < 4.78 is 7.19. The lowest BCUT2D eigenvalue weighted by atomic mass is 10.2. The number of ether oxygens (including phenoxy) is 1. The molecular formula is C13H14Br2N2OS. The maximum atomic E-state index is 5.28. The quantitative estimate of drug-likeness (QED) is 0.806. The van der Waals surface area contributed by atoms with E-state index in [-0.39, 0.29) is 0 Å². The molecule has 0 aliphatic heterocycles. The number of hydrogen-bond donors (Lipinski definition) is 1. The minimum atomic E-state index is 0.791. The normalized spacial score (nSPS) is 10.7. The fourth-order valence-corrected chi connectivity index (χ4v) is 4.07. The zero-order valence-corrected chi connectivity index (χ0v) is 14.7. The molecule has 102 valence electrons. The second kappa shape index (κ2) is 6.83. The highest BCUT2D eigenvalue weighted by Crippen LogP contribution is 2.34. The lowest BCUT2D eigenvalue weighted by Crippen LogP contribution is -2.12. The van der Waals surface area contributed by atoms with Crippen molar-refractivity contribution in [2.75, 3.05) is 7.11 Å². The Balaban J connectivity index is 1.96. The minimum Gasteiger partial charge on any atom is -0.494 e. The largest absolute Gasteiger partial charge is 0.494 e. The Morgan fingerprint density at radius 2 is 1.95 bits per heavy atom. The maximum absolute atomic E-state index is 5.28. The molecule has 0 aliphatic carbocycles. The summed E-state index contributed by atoms with van der Waals surface area (Å²) in [6, 6.07) is 4.12. The molecule has 1 heterocycles. The van der Waals surface area contributed by atoms with Crippen LogP contribution in [0.1, 0.15) is 15.4 Å². The van der Waals surface area contributed by atoms with Crippen molar-refractivity contribution in [3.05, 3.63) is 42.7 Å². The van der Waals surface area contributed by atoms with Gasteiger partial charge in [0, 0.05) is 24.2 Å². The van der Waals surface area contributed by atoms with E-state index in [2.05, 4.69) is 61.2 Å². The summed E-state index contributed by atoms with van der Waals surface area (Å²) in [7, 11) is 1.66. The van der Waals surface area contributed by atoms with E-state index >= 15 is 0 Å². The molecule has 1 aromatic heterocycles. The highest BCUT2D eigenvalue weighted by atomic mass is 79.9. The summed E-state index contributed by atoms with van der Waals surface area (Å²) in [5.41, 5.74) is 1.19. The third-order valence-electron chi connectivity index (χ3n) is 2.54. The first-order valence-corrected chi connectivity index (χ1v) is 8.14. The number of nitrogens with zero attached hydrogens (tertiary/aromatic N) is 1. The standard InChI is InChI=1S/C13H14Br2N2OS/c1-8-5-17-12(19-8)7-16-6-9-3-10(14)13(18-2)11(15)4-9/h3-5,16H,6-7H2,1-2H3. The molecule has 19 heavy (non-hydrogen) atoms. The van der Waals surface area contributed by atoms with Gasteiger partial charge in [-0.3, -0.25) is 0 Å². The predicted octanol–water partition coefficient (Wildman–Crippen LogP) is 4.27. The molecule has 0 saturated heterocycles. The van der Waals surface area contributed by atoms with Gasteiger partial charge in [-0.05, 0) is 56.5 Å². The van der Waals surface area contributed by atoms with Gasteiger partial charge in [0.1, 0.15) is 10.8 Å². The summed E-state index contributed by atoms with van der Waals surface area (Å²) in [5, 5.41) is 4.50. The van der Waals surface area contributed by atoms with Crippen molar-refractivity contribution >= 4 is 43.2 Å². The van der Waals surface area contributed by atoms with Crippen LogP contribution in [0.25, 0.3) is 0 Å². The molecule has 2 aromatic rings. The number of aryl methyl sites for hydroxylation is 1. The SMILES string of the molecule is COc1c(Br)cc(CNCc2ncc(C)s2)cc1Br. The number of methoxy groups -OCH3 is 1. The molecule has 0 atom stereocenters. The summed E-state index contributed by atoms with van der Waals surface area (Å²) in [6.45, 7) is 3.65. The number of thiazole rings is 1. The molecule has 0 saturated carbocycles. The first kappa shape index (κ1) is 15.0. The van der Waals surface area contributed by atoms with E-state index in [1.165, 1.54) is 10.4 Å². The Kier molecular flexibility index (Phi) is 5.38. The Morgan fingerprint density at radius 1 is 1.26 bits per heavy atom. The van der Waals surface area contributed by atoms with Crippen LogP contribution < -0.4 is 10.1 Å². The molecule has 1 aromatic carbocycles. The van der Waals surface area contributed by atoms with Crippen molar-refractivity contribution in [2.24, 2.45) is 0 Å². The Hall–Kier alpha value is -0.430. The van der Waals surface area contributed by atoms with Gasteiger partial charge in [-0.25, -0.2) is 4.98 Å². The first-order chi connectivity index (χ1) is 9.10. The molecule has 0 bridgehead atoms. The molecule has 0 spiro atoms. The van der Waals surface area contributed by atoms with Crippen molar-refractivity contribution in [1.82, 2.24) is 10.3 Å². The average molecular weight is 406 g/mol. The van der Waals surface area contributed by atoms with Gasteiger partial charge in [-0.2, -0.15) is 0 Å². The van der Waals surface area contributed by atoms with E-state index in [9.17, 15) is 0 Å². The van der Waals surface area contributed by atoms with Gasteiger partial charge in [0.2, 0.25) is 0 Å². The van der Waals surface area contributed by atoms with Gasteiger partial charge in [0.05, 0.1) is 16.1 Å². The summed E-state index contributed by atoms with van der Waals surface area (Å²) in [6.07, 6.45) is 1.90. The second-order valence-corrected chi connectivity index (χ2v) is 7.09. The molecule has 0 aliphatic rings. The van der Waals surface area contributed by atoms with E-state index < -0.39 is 0 Å². The van der Waals surface area contributed by atoms with Crippen LogP contribution in [0.4, 0.5) is 0 Å². The van der Waals surface area contributed by atoms with Gasteiger partial charge in [-0.15, -0.1) is 11.3 Å². The lowest BCUT2D eigenvalue weighted by molar-refractivity contribution is 0.409. The van der Waals surface area contributed by atoms with Gasteiger partial charge in [-0.1, -0.05) is 0 Å². The molecule has 0 radical (unpaired) electrons. The van der Waals surface area contributed by atoms with Crippen LogP contribution in [0, 0.1) is 6.92 Å². The molecule has 0 unspecified atom stereocenters. The van der Waals surface area contributed by atoms with Crippen LogP contribution in [0.2, 0.25) is 0 Å². The van der Waals surface area contributed by atoms with Crippen molar-refractivity contribution in [3.63, 3.8) is 0 Å². The Morgan fingerprint density at radius 3 is 2.47 bits per heavy atom. The van der Waals surface area contributed by atoms with E-state index in [1.807, 2.05) is 6.20 Å². The van der Waals surface area contributed by atoms with Gasteiger partial charge >= 0.3 is 0 Å². The molecule has 3 nitrogen and oxygen atoms in total. The fraction of sp³-hybridized carbons (Fsp3) is 0.308. The lowest BCUT2D eigenvalue weighted by Gasteiger charge is -2.09. The first-order valence-electron chi connectivity index (χ1n) is 5.74. The monoisotopic (exact) mass is 404 g/mol. The fourth-order valence-electron chi connectivity index (χ4n) is 1.71. The number of benzene rings is 1. The molecule has 1 N–H and O–H groups in total. The van der Waals surface area contributed by atoms with Crippen LogP contribution in [-0.4, -0.2) is 12.1 Å². The van der Waals surface area contributed by atoms with Crippen LogP contribution in [-0.2, 0) is 13.1 Å². The number of halogens is 2. The van der Waals surface area contributed by atoms with E-state index in [1.54, 1.807) is 18.4 Å². The van der Waals surface area contributed by atoms with Crippen molar-refractivity contribution < 1.29 is 4.74 Å². The van der Waals surface area contributed by atoms with Crippen molar-refractivity contribution in [2.45, 2.75) is 20.0 Å². The van der Waals surface area contributed by atoms with Crippen molar-refractivity contribution in [3.8, 4) is 5.75 Å². The molecule has 2 rings (SSSR count). The summed E-state index contributed by atoms with van der Waals surface area (Å²) in [4.78, 5) is 5.57. The third-order valence-corrected chi connectivity index (χ3v) is 4.63. The van der Waals surface area contributed by atoms with Gasteiger partial charge in [0.25, 0.3) is 0 Å². The average Bonchev–Trinajstić information content (AvgIpc) is 2.75. The minimum absolute atomic E-state index is 0.791. The Bertz CT molecular complexity index is 549.